The molecule has 0 saturated heterocycles. The van der Waals surface area contributed by atoms with E-state index >= 15 is 0 Å². The van der Waals surface area contributed by atoms with Crippen LogP contribution < -0.4 is 16.1 Å². The second-order valence-electron chi connectivity index (χ2n) is 9.14. The van der Waals surface area contributed by atoms with Crippen molar-refractivity contribution in [2.75, 3.05) is 10.6 Å². The number of benzene rings is 4. The molecule has 46 heavy (non-hydrogen) atoms. The summed E-state index contributed by atoms with van der Waals surface area (Å²) < 4.78 is 64.2. The van der Waals surface area contributed by atoms with Gasteiger partial charge in [0.25, 0.3) is 10.1 Å². The Hall–Kier alpha value is -4.48. The van der Waals surface area contributed by atoms with Gasteiger partial charge < -0.3 is 10.6 Å². The Morgan fingerprint density at radius 2 is 1.07 bits per heavy atom. The summed E-state index contributed by atoms with van der Waals surface area (Å²) in [7, 11) is -9.14. The fourth-order valence-electron chi connectivity index (χ4n) is 3.95. The monoisotopic (exact) mass is 668 g/mol. The number of rotatable bonds is 11. The summed E-state index contributed by atoms with van der Waals surface area (Å²) >= 11 is 0. The predicted molar refractivity (Wildman–Crippen MR) is 174 cm³/mol. The van der Waals surface area contributed by atoms with Crippen LogP contribution in [0.2, 0.25) is 0 Å². The summed E-state index contributed by atoms with van der Waals surface area (Å²) in [6.07, 6.45) is 2.65. The second kappa shape index (κ2) is 15.2. The molecule has 230 valence electrons. The number of aromatic nitrogens is 3. The standard InChI is InChI=1S/C30H24N6O7S2.Na.H/c37-28(27-33-29(31-23-13-3-1-4-14-23)35-30(34-27)32-24-15-5-2-6-16-24)36-43-45(41,42)26-18-10-8-12-22(26)20-19-21-11-7-9-17-25(21)44(38,39)40;;/h1-20H,(H,36,37)(H,38,39,40)(H2,31,32,33,34,35);;. The molecule has 0 bridgehead atoms. The molecule has 4 N–H and O–H groups in total. The third kappa shape index (κ3) is 9.04. The van der Waals surface area contributed by atoms with Gasteiger partial charge in [-0.05, 0) is 47.5 Å². The summed E-state index contributed by atoms with van der Waals surface area (Å²) in [5, 5.41) is 5.94. The molecule has 0 aliphatic heterocycles. The molecule has 0 aliphatic carbocycles. The first-order valence-corrected chi connectivity index (χ1v) is 15.9. The van der Waals surface area contributed by atoms with Crippen molar-refractivity contribution in [1.29, 1.82) is 0 Å². The topological polar surface area (TPSA) is 190 Å². The van der Waals surface area contributed by atoms with E-state index in [1.807, 2.05) is 17.6 Å². The zero-order valence-corrected chi connectivity index (χ0v) is 24.7. The van der Waals surface area contributed by atoms with Crippen LogP contribution in [0.1, 0.15) is 21.7 Å². The second-order valence-corrected chi connectivity index (χ2v) is 12.0. The Morgan fingerprint density at radius 1 is 0.630 bits per heavy atom. The van der Waals surface area contributed by atoms with Crippen molar-refractivity contribution in [3.63, 3.8) is 0 Å². The van der Waals surface area contributed by atoms with Crippen molar-refractivity contribution in [1.82, 2.24) is 20.4 Å². The normalized spacial score (nSPS) is 11.4. The van der Waals surface area contributed by atoms with Gasteiger partial charge in [-0.15, -0.1) is 4.28 Å². The first kappa shape index (κ1) is 34.4. The predicted octanol–water partition coefficient (Wildman–Crippen LogP) is 4.18. The van der Waals surface area contributed by atoms with Gasteiger partial charge in [0.2, 0.25) is 17.7 Å². The zero-order valence-electron chi connectivity index (χ0n) is 23.1. The molecule has 5 rings (SSSR count). The molecule has 0 aliphatic rings. The summed E-state index contributed by atoms with van der Waals surface area (Å²) in [5.41, 5.74) is 3.37. The number of carbonyl (C=O) groups excluding carboxylic acids is 1. The third-order valence-corrected chi connectivity index (χ3v) is 8.11. The van der Waals surface area contributed by atoms with E-state index in [1.165, 1.54) is 48.6 Å². The van der Waals surface area contributed by atoms with Crippen molar-refractivity contribution >= 4 is 91.1 Å². The number of nitrogens with zero attached hydrogens (tertiary/aromatic N) is 3. The van der Waals surface area contributed by atoms with Crippen LogP contribution in [-0.2, 0) is 24.5 Å². The van der Waals surface area contributed by atoms with Crippen LogP contribution in [0.25, 0.3) is 12.2 Å². The molecule has 13 nitrogen and oxygen atoms in total. The molecule has 1 amide bonds. The van der Waals surface area contributed by atoms with Crippen LogP contribution in [0.3, 0.4) is 0 Å². The van der Waals surface area contributed by atoms with E-state index in [0.717, 1.165) is 0 Å². The van der Waals surface area contributed by atoms with Crippen molar-refractivity contribution in [2.45, 2.75) is 9.79 Å². The van der Waals surface area contributed by atoms with Gasteiger partial charge in [-0.3, -0.25) is 9.35 Å². The molecule has 0 fully saturated rings. The number of para-hydroxylation sites is 2. The number of anilines is 4. The van der Waals surface area contributed by atoms with E-state index in [4.69, 9.17) is 4.28 Å². The van der Waals surface area contributed by atoms with Gasteiger partial charge in [-0.2, -0.15) is 31.8 Å². The van der Waals surface area contributed by atoms with E-state index < -0.39 is 32.0 Å². The van der Waals surface area contributed by atoms with Gasteiger partial charge in [-0.25, -0.2) is 5.48 Å². The van der Waals surface area contributed by atoms with Crippen molar-refractivity contribution in [2.24, 2.45) is 0 Å². The average molecular weight is 669 g/mol. The SMILES string of the molecule is O=C(NOS(=O)(=O)c1ccccc1C=Cc1ccccc1S(=O)(=O)O)c1nc(Nc2ccccc2)nc(Nc2ccccc2)n1.[NaH]. The Morgan fingerprint density at radius 3 is 1.57 bits per heavy atom. The van der Waals surface area contributed by atoms with Crippen molar-refractivity contribution in [3.8, 4) is 0 Å². The Kier molecular flexibility index (Phi) is 11.4. The molecule has 1 aromatic heterocycles. The molecule has 1 heterocycles. The number of carbonyl (C=O) groups is 1. The van der Waals surface area contributed by atoms with E-state index in [0.29, 0.717) is 11.4 Å². The Bertz CT molecular complexity index is 2020. The van der Waals surface area contributed by atoms with Crippen LogP contribution in [0.15, 0.2) is 119 Å². The Balaban J connectivity index is 0.00000480. The van der Waals surface area contributed by atoms with Gasteiger partial charge >= 0.3 is 45.6 Å². The summed E-state index contributed by atoms with van der Waals surface area (Å²) in [4.78, 5) is 24.9. The van der Waals surface area contributed by atoms with Gasteiger partial charge in [0.1, 0.15) is 9.79 Å². The zero-order chi connectivity index (χ0) is 31.9. The molecular weight excluding hydrogens is 643 g/mol. The fraction of sp³-hybridized carbons (Fsp3) is 0. The first-order valence-electron chi connectivity index (χ1n) is 13.1. The van der Waals surface area contributed by atoms with Crippen LogP contribution in [0, 0.1) is 0 Å². The van der Waals surface area contributed by atoms with Crippen LogP contribution in [0.5, 0.6) is 0 Å². The number of amides is 1. The van der Waals surface area contributed by atoms with Crippen LogP contribution in [-0.4, -0.2) is 71.8 Å². The summed E-state index contributed by atoms with van der Waals surface area (Å²) in [5.74, 6) is -1.53. The summed E-state index contributed by atoms with van der Waals surface area (Å²) in [6.45, 7) is 0. The van der Waals surface area contributed by atoms with Crippen molar-refractivity contribution in [3.05, 3.63) is 126 Å². The fourth-order valence-corrected chi connectivity index (χ4v) is 5.58. The van der Waals surface area contributed by atoms with Gasteiger partial charge in [0.05, 0.1) is 0 Å². The average Bonchev–Trinajstić information content (AvgIpc) is 3.03. The maximum absolute atomic E-state index is 13.2. The summed E-state index contributed by atoms with van der Waals surface area (Å²) in [6, 6.07) is 29.2. The molecule has 0 radical (unpaired) electrons. The number of hydrogen-bond donors (Lipinski definition) is 4. The van der Waals surface area contributed by atoms with E-state index in [9.17, 15) is 26.2 Å². The number of hydrogen-bond acceptors (Lipinski definition) is 11. The van der Waals surface area contributed by atoms with Gasteiger partial charge in [-0.1, -0.05) is 84.9 Å². The van der Waals surface area contributed by atoms with Crippen LogP contribution in [0.4, 0.5) is 23.3 Å². The minimum atomic E-state index is -4.61. The molecular formula is C30H25N6NaO7S2. The molecule has 4 aromatic carbocycles. The quantitative estimate of drug-likeness (QED) is 0.0681. The number of hydroxylamine groups is 1. The van der Waals surface area contributed by atoms with Gasteiger partial charge in [0.15, 0.2) is 0 Å². The molecule has 5 aromatic rings. The Labute approximate surface area is 286 Å². The van der Waals surface area contributed by atoms with Crippen LogP contribution >= 0.6 is 0 Å². The van der Waals surface area contributed by atoms with E-state index in [-0.39, 0.29) is 62.4 Å². The molecule has 0 saturated carbocycles. The van der Waals surface area contributed by atoms with Gasteiger partial charge in [0, 0.05) is 11.4 Å². The number of nitrogens with one attached hydrogen (secondary N) is 3. The van der Waals surface area contributed by atoms with E-state index in [2.05, 4.69) is 25.6 Å². The molecule has 16 heteroatoms. The molecule has 0 unspecified atom stereocenters. The minimum absolute atomic E-state index is 0. The third-order valence-electron chi connectivity index (χ3n) is 5.97. The maximum atomic E-state index is 13.2. The molecule has 0 atom stereocenters. The van der Waals surface area contributed by atoms with Crippen molar-refractivity contribution < 1.29 is 30.5 Å². The van der Waals surface area contributed by atoms with E-state index in [1.54, 1.807) is 60.7 Å². The molecule has 0 spiro atoms. The first-order chi connectivity index (χ1) is 21.6.